The van der Waals surface area contributed by atoms with Gasteiger partial charge in [0.25, 0.3) is 0 Å². The summed E-state index contributed by atoms with van der Waals surface area (Å²) in [6.45, 7) is 6.24. The number of nitrogens with zero attached hydrogens (tertiary/aromatic N) is 1. The lowest BCUT2D eigenvalue weighted by molar-refractivity contribution is 0.0767. The third kappa shape index (κ3) is 3.74. The van der Waals surface area contributed by atoms with Crippen molar-refractivity contribution >= 4 is 0 Å². The minimum absolute atomic E-state index is 0.438. The van der Waals surface area contributed by atoms with Crippen LogP contribution in [0, 0.1) is 22.7 Å². The zero-order chi connectivity index (χ0) is 14.4. The van der Waals surface area contributed by atoms with E-state index in [4.69, 9.17) is 9.47 Å². The quantitative estimate of drug-likeness (QED) is 0.744. The Morgan fingerprint density at radius 2 is 2.15 bits per heavy atom. The van der Waals surface area contributed by atoms with Crippen LogP contribution in [0.25, 0.3) is 0 Å². The molecule has 108 valence electrons. The van der Waals surface area contributed by atoms with E-state index in [9.17, 15) is 5.26 Å². The van der Waals surface area contributed by atoms with E-state index >= 15 is 0 Å². The molecule has 0 saturated carbocycles. The van der Waals surface area contributed by atoms with Crippen LogP contribution in [0.5, 0.6) is 5.75 Å². The summed E-state index contributed by atoms with van der Waals surface area (Å²) in [7, 11) is 0. The molecule has 0 N–H and O–H groups in total. The van der Waals surface area contributed by atoms with Gasteiger partial charge in [0.15, 0.2) is 0 Å². The molecule has 1 aliphatic heterocycles. The fourth-order valence-corrected chi connectivity index (χ4v) is 2.40. The Labute approximate surface area is 121 Å². The van der Waals surface area contributed by atoms with Gasteiger partial charge in [0.2, 0.25) is 0 Å². The molecule has 0 amide bonds. The van der Waals surface area contributed by atoms with Gasteiger partial charge in [-0.3, -0.25) is 0 Å². The largest absolute Gasteiger partial charge is 0.492 e. The van der Waals surface area contributed by atoms with Crippen LogP contribution < -0.4 is 4.74 Å². The smallest absolute Gasteiger partial charge is 0.122 e. The monoisotopic (exact) mass is 273 g/mol. The third-order valence-electron chi connectivity index (χ3n) is 3.81. The number of benzene rings is 1. The van der Waals surface area contributed by atoms with Crippen LogP contribution in [0.3, 0.4) is 0 Å². The Morgan fingerprint density at radius 3 is 2.90 bits per heavy atom. The molecule has 2 rings (SSSR count). The van der Waals surface area contributed by atoms with Crippen molar-refractivity contribution in [1.82, 2.24) is 0 Å². The van der Waals surface area contributed by atoms with Crippen LogP contribution in [-0.4, -0.2) is 19.8 Å². The van der Waals surface area contributed by atoms with Crippen molar-refractivity contribution in [3.8, 4) is 11.8 Å². The van der Waals surface area contributed by atoms with Gasteiger partial charge in [-0.05, 0) is 36.8 Å². The molecule has 0 aliphatic carbocycles. The second kappa shape index (κ2) is 6.76. The fraction of sp³-hybridized carbons (Fsp3) is 0.588. The number of fused-ring (bicyclic) bond motifs is 1. The molecule has 1 unspecified atom stereocenters. The van der Waals surface area contributed by atoms with E-state index in [1.807, 2.05) is 24.3 Å². The molecule has 0 saturated heterocycles. The predicted octanol–water partition coefficient (Wildman–Crippen LogP) is 3.58. The van der Waals surface area contributed by atoms with Crippen LogP contribution in [-0.2, 0) is 11.2 Å². The molecular weight excluding hydrogens is 250 g/mol. The van der Waals surface area contributed by atoms with Crippen LogP contribution in [0.1, 0.15) is 32.3 Å². The average molecular weight is 273 g/mol. The van der Waals surface area contributed by atoms with Crippen LogP contribution in [0.2, 0.25) is 0 Å². The summed E-state index contributed by atoms with van der Waals surface area (Å²) >= 11 is 0. The van der Waals surface area contributed by atoms with E-state index in [-0.39, 0.29) is 0 Å². The van der Waals surface area contributed by atoms with Gasteiger partial charge in [0.1, 0.15) is 12.4 Å². The van der Waals surface area contributed by atoms with Gasteiger partial charge in [-0.2, -0.15) is 5.26 Å². The van der Waals surface area contributed by atoms with E-state index < -0.39 is 5.41 Å². The summed E-state index contributed by atoms with van der Waals surface area (Å²) in [5.74, 6) is 1.57. The Morgan fingerprint density at radius 1 is 1.35 bits per heavy atom. The highest BCUT2D eigenvalue weighted by Gasteiger charge is 2.35. The first-order valence-electron chi connectivity index (χ1n) is 7.35. The minimum atomic E-state index is -0.438. The SMILES string of the molecule is CC(C)CCOCCC1(C#N)COc2ccccc2C1. The van der Waals surface area contributed by atoms with Gasteiger partial charge in [0, 0.05) is 13.2 Å². The minimum Gasteiger partial charge on any atom is -0.492 e. The summed E-state index contributed by atoms with van der Waals surface area (Å²) in [6, 6.07) is 10.4. The van der Waals surface area contributed by atoms with E-state index in [1.165, 1.54) is 0 Å². The van der Waals surface area contributed by atoms with Gasteiger partial charge < -0.3 is 9.47 Å². The lowest BCUT2D eigenvalue weighted by Crippen LogP contribution is -2.34. The molecule has 0 spiro atoms. The van der Waals surface area contributed by atoms with E-state index in [0.29, 0.717) is 19.1 Å². The van der Waals surface area contributed by atoms with Gasteiger partial charge in [-0.15, -0.1) is 0 Å². The third-order valence-corrected chi connectivity index (χ3v) is 3.81. The van der Waals surface area contributed by atoms with Gasteiger partial charge in [-0.1, -0.05) is 32.0 Å². The predicted molar refractivity (Wildman–Crippen MR) is 78.6 cm³/mol. The molecule has 3 heteroatoms. The first-order valence-corrected chi connectivity index (χ1v) is 7.35. The zero-order valence-corrected chi connectivity index (χ0v) is 12.4. The molecule has 1 aromatic carbocycles. The van der Waals surface area contributed by atoms with Gasteiger partial charge in [-0.25, -0.2) is 0 Å². The molecule has 1 heterocycles. The van der Waals surface area contributed by atoms with E-state index in [0.717, 1.165) is 37.2 Å². The molecule has 20 heavy (non-hydrogen) atoms. The summed E-state index contributed by atoms with van der Waals surface area (Å²) in [5, 5.41) is 9.53. The fourth-order valence-electron chi connectivity index (χ4n) is 2.40. The molecule has 1 aliphatic rings. The maximum atomic E-state index is 9.53. The zero-order valence-electron chi connectivity index (χ0n) is 12.4. The Kier molecular flexibility index (Phi) is 5.03. The molecule has 0 fully saturated rings. The van der Waals surface area contributed by atoms with Crippen LogP contribution in [0.4, 0.5) is 0 Å². The van der Waals surface area contributed by atoms with Crippen molar-refractivity contribution in [3.05, 3.63) is 29.8 Å². The van der Waals surface area contributed by atoms with Crippen molar-refractivity contribution in [1.29, 1.82) is 5.26 Å². The maximum absolute atomic E-state index is 9.53. The highest BCUT2D eigenvalue weighted by atomic mass is 16.5. The molecule has 3 nitrogen and oxygen atoms in total. The molecular formula is C17H23NO2. The normalized spacial score (nSPS) is 21.1. The number of hydrogen-bond donors (Lipinski definition) is 0. The topological polar surface area (TPSA) is 42.2 Å². The Hall–Kier alpha value is -1.53. The standard InChI is InChI=1S/C17H23NO2/c1-14(2)7-9-19-10-8-17(12-18)11-15-5-3-4-6-16(15)20-13-17/h3-6,14H,7-11,13H2,1-2H3. The Bertz CT molecular complexity index is 478. The number of para-hydroxylation sites is 1. The highest BCUT2D eigenvalue weighted by molar-refractivity contribution is 5.37. The summed E-state index contributed by atoms with van der Waals surface area (Å²) < 4.78 is 11.4. The Balaban J connectivity index is 1.87. The van der Waals surface area contributed by atoms with E-state index in [2.05, 4.69) is 19.9 Å². The number of hydrogen-bond acceptors (Lipinski definition) is 3. The molecule has 0 aromatic heterocycles. The summed E-state index contributed by atoms with van der Waals surface area (Å²) in [6.07, 6.45) is 2.56. The van der Waals surface area contributed by atoms with Crippen LogP contribution >= 0.6 is 0 Å². The number of nitriles is 1. The average Bonchev–Trinajstić information content (AvgIpc) is 2.46. The van der Waals surface area contributed by atoms with Crippen molar-refractivity contribution < 1.29 is 9.47 Å². The number of rotatable bonds is 6. The van der Waals surface area contributed by atoms with Crippen molar-refractivity contribution in [2.24, 2.45) is 11.3 Å². The summed E-state index contributed by atoms with van der Waals surface area (Å²) in [5.41, 5.74) is 0.689. The number of ether oxygens (including phenoxy) is 2. The van der Waals surface area contributed by atoms with Crippen molar-refractivity contribution in [3.63, 3.8) is 0 Å². The molecule has 1 atom stereocenters. The lowest BCUT2D eigenvalue weighted by atomic mass is 9.79. The molecule has 0 bridgehead atoms. The molecule has 1 aromatic rings. The van der Waals surface area contributed by atoms with Crippen molar-refractivity contribution in [2.75, 3.05) is 19.8 Å². The van der Waals surface area contributed by atoms with E-state index in [1.54, 1.807) is 0 Å². The first-order chi connectivity index (χ1) is 9.65. The first kappa shape index (κ1) is 14.9. The van der Waals surface area contributed by atoms with Crippen LogP contribution in [0.15, 0.2) is 24.3 Å². The van der Waals surface area contributed by atoms with Gasteiger partial charge in [0.05, 0.1) is 11.5 Å². The second-order valence-corrected chi connectivity index (χ2v) is 6.01. The molecule has 0 radical (unpaired) electrons. The highest BCUT2D eigenvalue weighted by Crippen LogP contribution is 2.36. The lowest BCUT2D eigenvalue weighted by Gasteiger charge is -2.32. The summed E-state index contributed by atoms with van der Waals surface area (Å²) in [4.78, 5) is 0. The second-order valence-electron chi connectivity index (χ2n) is 6.01. The van der Waals surface area contributed by atoms with Crippen molar-refractivity contribution in [2.45, 2.75) is 33.1 Å². The van der Waals surface area contributed by atoms with Gasteiger partial charge >= 0.3 is 0 Å². The maximum Gasteiger partial charge on any atom is 0.122 e.